The van der Waals surface area contributed by atoms with Crippen LogP contribution in [-0.2, 0) is 9.59 Å². The van der Waals surface area contributed by atoms with Crippen LogP contribution in [0.15, 0.2) is 24.3 Å². The number of carbonyl (C=O) groups excluding carboxylic acids is 1. The van der Waals surface area contributed by atoms with Crippen LogP contribution in [0.5, 0.6) is 0 Å². The van der Waals surface area contributed by atoms with Gasteiger partial charge < -0.3 is 20.5 Å². The molecule has 1 aromatic rings. The van der Waals surface area contributed by atoms with Crippen molar-refractivity contribution < 1.29 is 24.7 Å². The summed E-state index contributed by atoms with van der Waals surface area (Å²) < 4.78 is 0. The zero-order valence-electron chi connectivity index (χ0n) is 8.96. The van der Waals surface area contributed by atoms with E-state index < -0.39 is 19.0 Å². The highest BCUT2D eigenvalue weighted by Crippen LogP contribution is 2.05. The van der Waals surface area contributed by atoms with Crippen molar-refractivity contribution in [1.29, 1.82) is 0 Å². The fraction of sp³-hybridized carbons (Fsp3) is 0.200. The Labute approximate surface area is 98.0 Å². The molecule has 0 fully saturated rings. The molecule has 0 saturated heterocycles. The molecule has 0 unspecified atom stereocenters. The second-order valence-corrected chi connectivity index (χ2v) is 3.44. The number of nitrogens with one attached hydrogen (secondary N) is 1. The number of carboxylic acids is 1. The predicted octanol–water partition coefficient (Wildman–Crippen LogP) is -0.830. The summed E-state index contributed by atoms with van der Waals surface area (Å²) in [6.45, 7) is 0. The first kappa shape index (κ1) is 13.2. The largest absolute Gasteiger partial charge is 0.488 e. The molecule has 7 heteroatoms. The fourth-order valence-corrected chi connectivity index (χ4v) is 1.22. The summed E-state index contributed by atoms with van der Waals surface area (Å²) >= 11 is 0. The molecule has 0 spiro atoms. The molecule has 0 aliphatic heterocycles. The van der Waals surface area contributed by atoms with E-state index in [-0.39, 0.29) is 18.3 Å². The average molecular weight is 237 g/mol. The van der Waals surface area contributed by atoms with Gasteiger partial charge in [0.2, 0.25) is 5.91 Å². The Morgan fingerprint density at radius 3 is 2.53 bits per heavy atom. The molecule has 1 aromatic carbocycles. The SMILES string of the molecule is O=C(O)CCC(=O)Nc1cccc(B(O)O)c1. The molecular formula is C10H12BNO5. The summed E-state index contributed by atoms with van der Waals surface area (Å²) in [5, 5.41) is 28.7. The quantitative estimate of drug-likeness (QED) is 0.500. The van der Waals surface area contributed by atoms with Crippen LogP contribution in [-0.4, -0.2) is 34.1 Å². The monoisotopic (exact) mass is 237 g/mol. The van der Waals surface area contributed by atoms with Crippen molar-refractivity contribution in [3.63, 3.8) is 0 Å². The molecule has 17 heavy (non-hydrogen) atoms. The molecule has 0 bridgehead atoms. The van der Waals surface area contributed by atoms with E-state index in [1.54, 1.807) is 12.1 Å². The van der Waals surface area contributed by atoms with Gasteiger partial charge in [-0.3, -0.25) is 9.59 Å². The second kappa shape index (κ2) is 6.02. The number of hydrogen-bond acceptors (Lipinski definition) is 4. The summed E-state index contributed by atoms with van der Waals surface area (Å²) in [4.78, 5) is 21.6. The van der Waals surface area contributed by atoms with Crippen molar-refractivity contribution >= 4 is 30.1 Å². The minimum atomic E-state index is -1.61. The molecule has 1 rings (SSSR count). The summed E-state index contributed by atoms with van der Waals surface area (Å²) in [7, 11) is -1.61. The lowest BCUT2D eigenvalue weighted by Gasteiger charge is -2.06. The molecule has 0 atom stereocenters. The number of anilines is 1. The lowest BCUT2D eigenvalue weighted by Crippen LogP contribution is -2.30. The van der Waals surface area contributed by atoms with Gasteiger partial charge >= 0.3 is 13.1 Å². The van der Waals surface area contributed by atoms with E-state index >= 15 is 0 Å². The van der Waals surface area contributed by atoms with Crippen LogP contribution >= 0.6 is 0 Å². The predicted molar refractivity (Wildman–Crippen MR) is 61.8 cm³/mol. The third kappa shape index (κ3) is 4.67. The molecule has 0 radical (unpaired) electrons. The maximum absolute atomic E-state index is 11.3. The third-order valence-corrected chi connectivity index (χ3v) is 2.03. The van der Waals surface area contributed by atoms with E-state index in [1.807, 2.05) is 0 Å². The van der Waals surface area contributed by atoms with E-state index in [4.69, 9.17) is 15.2 Å². The highest BCUT2D eigenvalue weighted by molar-refractivity contribution is 6.58. The van der Waals surface area contributed by atoms with Crippen molar-refractivity contribution in [2.45, 2.75) is 12.8 Å². The van der Waals surface area contributed by atoms with Crippen molar-refractivity contribution in [2.75, 3.05) is 5.32 Å². The summed E-state index contributed by atoms with van der Waals surface area (Å²) in [5.74, 6) is -1.48. The van der Waals surface area contributed by atoms with E-state index in [1.165, 1.54) is 12.1 Å². The van der Waals surface area contributed by atoms with Gasteiger partial charge in [0.05, 0.1) is 6.42 Å². The molecule has 6 nitrogen and oxygen atoms in total. The first-order chi connectivity index (χ1) is 7.99. The third-order valence-electron chi connectivity index (χ3n) is 2.03. The van der Waals surface area contributed by atoms with Crippen LogP contribution in [0.4, 0.5) is 5.69 Å². The Morgan fingerprint density at radius 1 is 1.24 bits per heavy atom. The lowest BCUT2D eigenvalue weighted by molar-refractivity contribution is -0.138. The molecular weight excluding hydrogens is 225 g/mol. The van der Waals surface area contributed by atoms with Gasteiger partial charge in [-0.25, -0.2) is 0 Å². The first-order valence-corrected chi connectivity index (χ1v) is 4.97. The minimum Gasteiger partial charge on any atom is -0.481 e. The van der Waals surface area contributed by atoms with Gasteiger partial charge in [-0.05, 0) is 17.6 Å². The van der Waals surface area contributed by atoms with Crippen molar-refractivity contribution in [2.24, 2.45) is 0 Å². The van der Waals surface area contributed by atoms with Crippen molar-refractivity contribution in [1.82, 2.24) is 0 Å². The van der Waals surface area contributed by atoms with E-state index in [9.17, 15) is 9.59 Å². The molecule has 0 aromatic heterocycles. The Balaban J connectivity index is 2.59. The van der Waals surface area contributed by atoms with Crippen LogP contribution < -0.4 is 10.8 Å². The lowest BCUT2D eigenvalue weighted by atomic mass is 9.80. The highest BCUT2D eigenvalue weighted by atomic mass is 16.4. The highest BCUT2D eigenvalue weighted by Gasteiger charge is 2.12. The fourth-order valence-electron chi connectivity index (χ4n) is 1.22. The number of carboxylic acid groups (broad SMARTS) is 1. The molecule has 1 amide bonds. The van der Waals surface area contributed by atoms with E-state index in [0.29, 0.717) is 5.69 Å². The summed E-state index contributed by atoms with van der Waals surface area (Å²) in [6, 6.07) is 6.03. The number of amides is 1. The number of carbonyl (C=O) groups is 2. The molecule has 0 aliphatic rings. The number of aliphatic carboxylic acids is 1. The Morgan fingerprint density at radius 2 is 1.94 bits per heavy atom. The van der Waals surface area contributed by atoms with Crippen LogP contribution in [0.2, 0.25) is 0 Å². The Kier molecular flexibility index (Phi) is 4.68. The van der Waals surface area contributed by atoms with Gasteiger partial charge in [-0.2, -0.15) is 0 Å². The zero-order chi connectivity index (χ0) is 12.8. The maximum atomic E-state index is 11.3. The molecule has 4 N–H and O–H groups in total. The van der Waals surface area contributed by atoms with Crippen LogP contribution in [0.1, 0.15) is 12.8 Å². The number of rotatable bonds is 5. The van der Waals surface area contributed by atoms with E-state index in [2.05, 4.69) is 5.32 Å². The number of benzene rings is 1. The van der Waals surface area contributed by atoms with Gasteiger partial charge in [0, 0.05) is 12.1 Å². The standard InChI is InChI=1S/C10H12BNO5/c13-9(4-5-10(14)15)12-8-3-1-2-7(6-8)11(16)17/h1-3,6,16-17H,4-5H2,(H,12,13)(H,14,15). The van der Waals surface area contributed by atoms with Gasteiger partial charge in [0.15, 0.2) is 0 Å². The van der Waals surface area contributed by atoms with Crippen LogP contribution in [0.25, 0.3) is 0 Å². The van der Waals surface area contributed by atoms with Gasteiger partial charge in [-0.1, -0.05) is 12.1 Å². The zero-order valence-corrected chi connectivity index (χ0v) is 8.96. The topological polar surface area (TPSA) is 107 Å². The smallest absolute Gasteiger partial charge is 0.481 e. The second-order valence-electron chi connectivity index (χ2n) is 3.44. The van der Waals surface area contributed by atoms with E-state index in [0.717, 1.165) is 0 Å². The molecule has 0 aliphatic carbocycles. The summed E-state index contributed by atoms with van der Waals surface area (Å²) in [5.41, 5.74) is 0.645. The molecule has 90 valence electrons. The van der Waals surface area contributed by atoms with Crippen LogP contribution in [0, 0.1) is 0 Å². The van der Waals surface area contributed by atoms with Crippen molar-refractivity contribution in [3.8, 4) is 0 Å². The van der Waals surface area contributed by atoms with Gasteiger partial charge in [0.25, 0.3) is 0 Å². The van der Waals surface area contributed by atoms with Gasteiger partial charge in [0.1, 0.15) is 0 Å². The Hall–Kier alpha value is -1.86. The average Bonchev–Trinajstić information content (AvgIpc) is 2.26. The maximum Gasteiger partial charge on any atom is 0.488 e. The van der Waals surface area contributed by atoms with Gasteiger partial charge in [-0.15, -0.1) is 0 Å². The normalized spacial score (nSPS) is 9.76. The molecule has 0 heterocycles. The van der Waals surface area contributed by atoms with Crippen molar-refractivity contribution in [3.05, 3.63) is 24.3 Å². The van der Waals surface area contributed by atoms with Crippen LogP contribution in [0.3, 0.4) is 0 Å². The minimum absolute atomic E-state index is 0.124. The molecule has 0 saturated carbocycles. The Bertz CT molecular complexity index is 421. The first-order valence-electron chi connectivity index (χ1n) is 4.97. The summed E-state index contributed by atoms with van der Waals surface area (Å²) in [6.07, 6.45) is -0.366. The number of hydrogen-bond donors (Lipinski definition) is 4.